The average Bonchev–Trinajstić information content (AvgIpc) is 2.29. The number of nitrogens with zero attached hydrogens (tertiary/aromatic N) is 1. The minimum absolute atomic E-state index is 0.115. The summed E-state index contributed by atoms with van der Waals surface area (Å²) in [6.45, 7) is 3.06. The highest BCUT2D eigenvalue weighted by Gasteiger charge is 2.41. The number of hydrogen-bond acceptors (Lipinski definition) is 2. The van der Waals surface area contributed by atoms with Gasteiger partial charge in [-0.1, -0.05) is 13.3 Å². The second-order valence-electron chi connectivity index (χ2n) is 4.38. The van der Waals surface area contributed by atoms with E-state index < -0.39 is 11.4 Å². The summed E-state index contributed by atoms with van der Waals surface area (Å²) in [4.78, 5) is 24.3. The number of amides is 2. The molecule has 1 rings (SSSR count). The van der Waals surface area contributed by atoms with Crippen LogP contribution in [0.15, 0.2) is 0 Å². The van der Waals surface area contributed by atoms with Gasteiger partial charge in [0.15, 0.2) is 0 Å². The predicted molar refractivity (Wildman–Crippen MR) is 60.2 cm³/mol. The smallest absolute Gasteiger partial charge is 0.317 e. The molecule has 5 nitrogen and oxygen atoms in total. The van der Waals surface area contributed by atoms with Crippen molar-refractivity contribution in [2.24, 2.45) is 5.41 Å². The van der Waals surface area contributed by atoms with Crippen LogP contribution in [0, 0.1) is 5.41 Å². The van der Waals surface area contributed by atoms with Crippen molar-refractivity contribution >= 4 is 12.0 Å². The number of rotatable bonds is 3. The molecule has 0 aromatic heterocycles. The number of carboxylic acids is 1. The average molecular weight is 228 g/mol. The van der Waals surface area contributed by atoms with E-state index in [0.29, 0.717) is 32.4 Å². The molecule has 16 heavy (non-hydrogen) atoms. The van der Waals surface area contributed by atoms with Gasteiger partial charge in [-0.25, -0.2) is 4.79 Å². The SMILES string of the molecule is CCCC1(C(=O)O)CCN(C(=O)NC)CC1. The van der Waals surface area contributed by atoms with E-state index in [-0.39, 0.29) is 6.03 Å². The van der Waals surface area contributed by atoms with Crippen LogP contribution >= 0.6 is 0 Å². The summed E-state index contributed by atoms with van der Waals surface area (Å²) < 4.78 is 0. The summed E-state index contributed by atoms with van der Waals surface area (Å²) in [6, 6.07) is -0.115. The fourth-order valence-corrected chi connectivity index (χ4v) is 2.35. The van der Waals surface area contributed by atoms with Gasteiger partial charge in [0.05, 0.1) is 5.41 Å². The topological polar surface area (TPSA) is 69.6 Å². The van der Waals surface area contributed by atoms with Crippen LogP contribution < -0.4 is 5.32 Å². The molecule has 0 bridgehead atoms. The molecule has 0 atom stereocenters. The molecule has 1 aliphatic heterocycles. The second-order valence-corrected chi connectivity index (χ2v) is 4.38. The highest BCUT2D eigenvalue weighted by Crippen LogP contribution is 2.36. The van der Waals surface area contributed by atoms with Gasteiger partial charge in [0.25, 0.3) is 0 Å². The summed E-state index contributed by atoms with van der Waals surface area (Å²) in [5.41, 5.74) is -0.612. The van der Waals surface area contributed by atoms with Crippen LogP contribution in [0.2, 0.25) is 0 Å². The monoisotopic (exact) mass is 228 g/mol. The Kier molecular flexibility index (Phi) is 4.15. The summed E-state index contributed by atoms with van der Waals surface area (Å²) >= 11 is 0. The third-order valence-electron chi connectivity index (χ3n) is 3.40. The first-order chi connectivity index (χ1) is 7.55. The maximum Gasteiger partial charge on any atom is 0.317 e. The number of likely N-dealkylation sites (tertiary alicyclic amines) is 1. The second kappa shape index (κ2) is 5.18. The number of aliphatic carboxylic acids is 1. The van der Waals surface area contributed by atoms with Gasteiger partial charge in [-0.2, -0.15) is 0 Å². The van der Waals surface area contributed by atoms with Crippen molar-refractivity contribution < 1.29 is 14.7 Å². The molecule has 0 aromatic carbocycles. The van der Waals surface area contributed by atoms with E-state index in [2.05, 4.69) is 5.32 Å². The van der Waals surface area contributed by atoms with Gasteiger partial charge in [-0.15, -0.1) is 0 Å². The lowest BCUT2D eigenvalue weighted by Crippen LogP contribution is -2.48. The van der Waals surface area contributed by atoms with Gasteiger partial charge in [-0.05, 0) is 19.3 Å². The maximum absolute atomic E-state index is 11.4. The zero-order valence-electron chi connectivity index (χ0n) is 9.95. The minimum atomic E-state index is -0.717. The molecular formula is C11H20N2O3. The molecule has 0 aliphatic carbocycles. The minimum Gasteiger partial charge on any atom is -0.481 e. The van der Waals surface area contributed by atoms with E-state index in [1.54, 1.807) is 11.9 Å². The van der Waals surface area contributed by atoms with E-state index in [1.807, 2.05) is 6.92 Å². The third kappa shape index (κ3) is 2.46. The lowest BCUT2D eigenvalue weighted by Gasteiger charge is -2.38. The molecule has 0 radical (unpaired) electrons. The highest BCUT2D eigenvalue weighted by atomic mass is 16.4. The van der Waals surface area contributed by atoms with Crippen molar-refractivity contribution in [1.82, 2.24) is 10.2 Å². The molecule has 0 saturated carbocycles. The van der Waals surface area contributed by atoms with Crippen LogP contribution in [0.3, 0.4) is 0 Å². The predicted octanol–water partition coefficient (Wildman–Crippen LogP) is 1.29. The number of carboxylic acid groups (broad SMARTS) is 1. The fourth-order valence-electron chi connectivity index (χ4n) is 2.35. The van der Waals surface area contributed by atoms with Gasteiger partial charge in [-0.3, -0.25) is 4.79 Å². The highest BCUT2D eigenvalue weighted by molar-refractivity contribution is 5.77. The fraction of sp³-hybridized carbons (Fsp3) is 0.818. The van der Waals surface area contributed by atoms with Crippen molar-refractivity contribution in [3.63, 3.8) is 0 Å². The molecule has 1 saturated heterocycles. The number of carbonyl (C=O) groups is 2. The molecular weight excluding hydrogens is 208 g/mol. The number of nitrogens with one attached hydrogen (secondary N) is 1. The molecule has 1 heterocycles. The van der Waals surface area contributed by atoms with Crippen molar-refractivity contribution in [2.45, 2.75) is 32.6 Å². The van der Waals surface area contributed by atoms with E-state index in [0.717, 1.165) is 6.42 Å². The summed E-state index contributed by atoms with van der Waals surface area (Å²) in [6.07, 6.45) is 2.68. The normalized spacial score (nSPS) is 19.2. The van der Waals surface area contributed by atoms with Crippen LogP contribution in [0.4, 0.5) is 4.79 Å². The molecule has 1 aliphatic rings. The van der Waals surface area contributed by atoms with Crippen molar-refractivity contribution in [2.75, 3.05) is 20.1 Å². The van der Waals surface area contributed by atoms with Crippen LogP contribution in [-0.4, -0.2) is 42.1 Å². The number of carbonyl (C=O) groups excluding carboxylic acids is 1. The molecule has 1 fully saturated rings. The third-order valence-corrected chi connectivity index (χ3v) is 3.40. The Labute approximate surface area is 95.8 Å². The Morgan fingerprint density at radius 3 is 2.31 bits per heavy atom. The first-order valence-electron chi connectivity index (χ1n) is 5.76. The van der Waals surface area contributed by atoms with Crippen LogP contribution in [0.5, 0.6) is 0 Å². The number of urea groups is 1. The molecule has 2 amide bonds. The Hall–Kier alpha value is -1.26. The molecule has 0 aromatic rings. The number of hydrogen-bond donors (Lipinski definition) is 2. The van der Waals surface area contributed by atoms with Gasteiger partial charge < -0.3 is 15.3 Å². The zero-order valence-corrected chi connectivity index (χ0v) is 9.95. The van der Waals surface area contributed by atoms with E-state index in [1.165, 1.54) is 0 Å². The van der Waals surface area contributed by atoms with Gasteiger partial charge in [0.1, 0.15) is 0 Å². The van der Waals surface area contributed by atoms with Crippen LogP contribution in [0.1, 0.15) is 32.6 Å². The van der Waals surface area contributed by atoms with E-state index >= 15 is 0 Å². The Morgan fingerprint density at radius 2 is 1.94 bits per heavy atom. The van der Waals surface area contributed by atoms with E-state index in [9.17, 15) is 14.7 Å². The van der Waals surface area contributed by atoms with Crippen molar-refractivity contribution in [3.8, 4) is 0 Å². The van der Waals surface area contributed by atoms with E-state index in [4.69, 9.17) is 0 Å². The van der Waals surface area contributed by atoms with Crippen LogP contribution in [0.25, 0.3) is 0 Å². The first kappa shape index (κ1) is 12.8. The van der Waals surface area contributed by atoms with Crippen molar-refractivity contribution in [3.05, 3.63) is 0 Å². The van der Waals surface area contributed by atoms with Crippen molar-refractivity contribution in [1.29, 1.82) is 0 Å². The Morgan fingerprint density at radius 1 is 1.38 bits per heavy atom. The molecule has 92 valence electrons. The Balaban J connectivity index is 2.63. The first-order valence-corrected chi connectivity index (χ1v) is 5.76. The van der Waals surface area contributed by atoms with Crippen LogP contribution in [-0.2, 0) is 4.79 Å². The number of piperidine rings is 1. The molecule has 5 heteroatoms. The zero-order chi connectivity index (χ0) is 12.2. The Bertz CT molecular complexity index is 270. The van der Waals surface area contributed by atoms with Gasteiger partial charge in [0, 0.05) is 20.1 Å². The molecule has 0 spiro atoms. The lowest BCUT2D eigenvalue weighted by molar-refractivity contribution is -0.152. The van der Waals surface area contributed by atoms with Gasteiger partial charge in [0.2, 0.25) is 0 Å². The standard InChI is InChI=1S/C11H20N2O3/c1-3-4-11(9(14)15)5-7-13(8-6-11)10(16)12-2/h3-8H2,1-2H3,(H,12,16)(H,14,15). The quantitative estimate of drug-likeness (QED) is 0.764. The molecule has 2 N–H and O–H groups in total. The van der Waals surface area contributed by atoms with Gasteiger partial charge >= 0.3 is 12.0 Å². The summed E-state index contributed by atoms with van der Waals surface area (Å²) in [5.74, 6) is -0.717. The lowest BCUT2D eigenvalue weighted by atomic mass is 9.75. The maximum atomic E-state index is 11.4. The largest absolute Gasteiger partial charge is 0.481 e. The molecule has 0 unspecified atom stereocenters. The summed E-state index contributed by atoms with van der Waals surface area (Å²) in [5, 5.41) is 11.8. The summed E-state index contributed by atoms with van der Waals surface area (Å²) in [7, 11) is 1.59.